The van der Waals surface area contributed by atoms with E-state index < -0.39 is 0 Å². The maximum atomic E-state index is 6.11. The number of halogens is 3. The summed E-state index contributed by atoms with van der Waals surface area (Å²) >= 11 is 15.6. The molecule has 0 aliphatic heterocycles. The molecule has 0 radical (unpaired) electrons. The third kappa shape index (κ3) is 3.38. The van der Waals surface area contributed by atoms with Gasteiger partial charge in [-0.05, 0) is 30.0 Å². The Kier molecular flexibility index (Phi) is 5.63. The Morgan fingerprint density at radius 2 is 1.62 bits per heavy atom. The Morgan fingerprint density at radius 3 is 2.00 bits per heavy atom. The van der Waals surface area contributed by atoms with E-state index in [9.17, 15) is 0 Å². The van der Waals surface area contributed by atoms with Crippen molar-refractivity contribution >= 4 is 39.1 Å². The van der Waals surface area contributed by atoms with Crippen LogP contribution in [0.2, 0.25) is 0 Å². The van der Waals surface area contributed by atoms with E-state index in [0.717, 1.165) is 10.9 Å². The third-order valence-electron chi connectivity index (χ3n) is 3.23. The maximum Gasteiger partial charge on any atom is 0.0297 e. The van der Waals surface area contributed by atoms with Gasteiger partial charge in [0.25, 0.3) is 0 Å². The highest BCUT2D eigenvalue weighted by atomic mass is 79.9. The second-order valence-corrected chi connectivity index (χ2v) is 6.04. The van der Waals surface area contributed by atoms with Gasteiger partial charge in [-0.15, -0.1) is 23.2 Å². The number of hydrogen-bond acceptors (Lipinski definition) is 0. The molecular weight excluding hydrogens is 307 g/mol. The summed E-state index contributed by atoms with van der Waals surface area (Å²) < 4.78 is 1.10. The van der Waals surface area contributed by atoms with E-state index in [1.807, 2.05) is 0 Å². The van der Waals surface area contributed by atoms with Gasteiger partial charge >= 0.3 is 0 Å². The second kappa shape index (κ2) is 6.28. The standard InChI is InChI=1S/C13H17BrCl2/c1-10(2)13(8-15,9-16)7-11-3-5-12(14)6-4-11/h3-6,10H,7-9H2,1-2H3. The summed E-state index contributed by atoms with van der Waals surface area (Å²) in [5.41, 5.74) is 1.29. The van der Waals surface area contributed by atoms with Crippen molar-refractivity contribution < 1.29 is 0 Å². The predicted octanol–water partition coefficient (Wildman–Crippen LogP) is 5.11. The van der Waals surface area contributed by atoms with Crippen LogP contribution in [0.25, 0.3) is 0 Å². The second-order valence-electron chi connectivity index (χ2n) is 4.59. The first-order valence-corrected chi connectivity index (χ1v) is 7.26. The van der Waals surface area contributed by atoms with Crippen LogP contribution in [0.1, 0.15) is 19.4 Å². The van der Waals surface area contributed by atoms with Gasteiger partial charge in [0.1, 0.15) is 0 Å². The molecule has 0 unspecified atom stereocenters. The smallest absolute Gasteiger partial charge is 0.0297 e. The summed E-state index contributed by atoms with van der Waals surface area (Å²) in [5, 5.41) is 0. The monoisotopic (exact) mass is 322 g/mol. The van der Waals surface area contributed by atoms with Crippen LogP contribution in [0.5, 0.6) is 0 Å². The fourth-order valence-electron chi connectivity index (χ4n) is 1.65. The van der Waals surface area contributed by atoms with Gasteiger partial charge < -0.3 is 0 Å². The van der Waals surface area contributed by atoms with Crippen LogP contribution < -0.4 is 0 Å². The first kappa shape index (κ1) is 14.3. The number of alkyl halides is 2. The van der Waals surface area contributed by atoms with Crippen LogP contribution >= 0.6 is 39.1 Å². The minimum absolute atomic E-state index is 0.00304. The molecule has 0 bridgehead atoms. The first-order chi connectivity index (χ1) is 7.54. The van der Waals surface area contributed by atoms with Crippen molar-refractivity contribution in [3.05, 3.63) is 34.3 Å². The molecule has 0 saturated heterocycles. The predicted molar refractivity (Wildman–Crippen MR) is 76.6 cm³/mol. The number of benzene rings is 1. The molecule has 0 aromatic heterocycles. The van der Waals surface area contributed by atoms with E-state index in [-0.39, 0.29) is 5.41 Å². The van der Waals surface area contributed by atoms with Crippen LogP contribution in [-0.4, -0.2) is 11.8 Å². The van der Waals surface area contributed by atoms with Gasteiger partial charge in [-0.25, -0.2) is 0 Å². The van der Waals surface area contributed by atoms with Crippen molar-refractivity contribution in [3.8, 4) is 0 Å². The highest BCUT2D eigenvalue weighted by Gasteiger charge is 2.32. The molecule has 0 fully saturated rings. The molecule has 0 N–H and O–H groups in total. The van der Waals surface area contributed by atoms with Crippen molar-refractivity contribution in [2.75, 3.05) is 11.8 Å². The van der Waals surface area contributed by atoms with Crippen LogP contribution in [0.4, 0.5) is 0 Å². The summed E-state index contributed by atoms with van der Waals surface area (Å²) in [6, 6.07) is 8.37. The minimum atomic E-state index is -0.00304. The van der Waals surface area contributed by atoms with Crippen LogP contribution in [-0.2, 0) is 6.42 Å². The van der Waals surface area contributed by atoms with Crippen LogP contribution in [0.15, 0.2) is 28.7 Å². The van der Waals surface area contributed by atoms with Gasteiger partial charge in [0.15, 0.2) is 0 Å². The van der Waals surface area contributed by atoms with Gasteiger partial charge in [-0.2, -0.15) is 0 Å². The quantitative estimate of drug-likeness (QED) is 0.660. The van der Waals surface area contributed by atoms with Gasteiger partial charge in [0, 0.05) is 21.6 Å². The molecule has 3 heteroatoms. The van der Waals surface area contributed by atoms with Gasteiger partial charge in [-0.3, -0.25) is 0 Å². The molecule has 1 aromatic rings. The average Bonchev–Trinajstić information content (AvgIpc) is 2.28. The lowest BCUT2D eigenvalue weighted by molar-refractivity contribution is 0.259. The van der Waals surface area contributed by atoms with Crippen LogP contribution in [0.3, 0.4) is 0 Å². The van der Waals surface area contributed by atoms with E-state index in [1.54, 1.807) is 0 Å². The first-order valence-electron chi connectivity index (χ1n) is 5.40. The number of hydrogen-bond donors (Lipinski definition) is 0. The van der Waals surface area contributed by atoms with Crippen molar-refractivity contribution in [1.82, 2.24) is 0 Å². The van der Waals surface area contributed by atoms with E-state index in [1.165, 1.54) is 5.56 Å². The Hall–Kier alpha value is 0.280. The SMILES string of the molecule is CC(C)C(CCl)(CCl)Cc1ccc(Br)cc1. The van der Waals surface area contributed by atoms with Crippen molar-refractivity contribution in [2.24, 2.45) is 11.3 Å². The normalized spacial score (nSPS) is 12.1. The lowest BCUT2D eigenvalue weighted by atomic mass is 9.76. The zero-order chi connectivity index (χ0) is 12.2. The van der Waals surface area contributed by atoms with Crippen molar-refractivity contribution in [3.63, 3.8) is 0 Å². The zero-order valence-corrected chi connectivity index (χ0v) is 12.7. The lowest BCUT2D eigenvalue weighted by Crippen LogP contribution is -2.34. The molecule has 1 rings (SSSR count). The number of rotatable bonds is 5. The fraction of sp³-hybridized carbons (Fsp3) is 0.538. The molecule has 16 heavy (non-hydrogen) atoms. The van der Waals surface area contributed by atoms with Crippen molar-refractivity contribution in [2.45, 2.75) is 20.3 Å². The average molecular weight is 324 g/mol. The van der Waals surface area contributed by atoms with Crippen LogP contribution in [0, 0.1) is 11.3 Å². The molecule has 0 amide bonds. The summed E-state index contributed by atoms with van der Waals surface area (Å²) in [5.74, 6) is 1.68. The largest absolute Gasteiger partial charge is 0.126 e. The molecule has 0 saturated carbocycles. The van der Waals surface area contributed by atoms with E-state index in [2.05, 4.69) is 54.0 Å². The Morgan fingerprint density at radius 1 is 1.12 bits per heavy atom. The third-order valence-corrected chi connectivity index (χ3v) is 4.82. The Balaban J connectivity index is 2.87. The summed E-state index contributed by atoms with van der Waals surface area (Å²) in [4.78, 5) is 0. The van der Waals surface area contributed by atoms with Gasteiger partial charge in [0.05, 0.1) is 0 Å². The lowest BCUT2D eigenvalue weighted by Gasteiger charge is -2.34. The van der Waals surface area contributed by atoms with E-state index in [0.29, 0.717) is 17.7 Å². The fourth-order valence-corrected chi connectivity index (χ4v) is 3.01. The molecule has 1 aromatic carbocycles. The molecule has 0 spiro atoms. The molecule has 0 aliphatic rings. The van der Waals surface area contributed by atoms with Crippen molar-refractivity contribution in [1.29, 1.82) is 0 Å². The zero-order valence-electron chi connectivity index (χ0n) is 9.64. The van der Waals surface area contributed by atoms with E-state index >= 15 is 0 Å². The van der Waals surface area contributed by atoms with Gasteiger partial charge in [-0.1, -0.05) is 41.9 Å². The summed E-state index contributed by atoms with van der Waals surface area (Å²) in [7, 11) is 0. The summed E-state index contributed by atoms with van der Waals surface area (Å²) in [6.45, 7) is 4.37. The molecular formula is C13H17BrCl2. The summed E-state index contributed by atoms with van der Waals surface area (Å²) in [6.07, 6.45) is 0.935. The van der Waals surface area contributed by atoms with Gasteiger partial charge in [0.2, 0.25) is 0 Å². The topological polar surface area (TPSA) is 0 Å². The highest BCUT2D eigenvalue weighted by Crippen LogP contribution is 2.34. The molecule has 0 nitrogen and oxygen atoms in total. The molecule has 90 valence electrons. The highest BCUT2D eigenvalue weighted by molar-refractivity contribution is 9.10. The molecule has 0 heterocycles. The molecule has 0 aliphatic carbocycles. The maximum absolute atomic E-state index is 6.11. The Labute approximate surface area is 116 Å². The van der Waals surface area contributed by atoms with E-state index in [4.69, 9.17) is 23.2 Å². The molecule has 0 atom stereocenters. The Bertz CT molecular complexity index is 315. The minimum Gasteiger partial charge on any atom is -0.126 e.